The van der Waals surface area contributed by atoms with Gasteiger partial charge in [0.15, 0.2) is 9.84 Å². The number of hydrogen-bond donors (Lipinski definition) is 1. The normalized spacial score (nSPS) is 13.6. The molecule has 0 radical (unpaired) electrons. The van der Waals surface area contributed by atoms with E-state index in [1.165, 1.54) is 0 Å². The second-order valence-electron chi connectivity index (χ2n) is 3.70. The van der Waals surface area contributed by atoms with Crippen LogP contribution in [-0.4, -0.2) is 31.5 Å². The lowest BCUT2D eigenvalue weighted by atomic mass is 10.1. The van der Waals surface area contributed by atoms with Gasteiger partial charge in [0.2, 0.25) is 0 Å². The SMILES string of the molecule is CCS(=O)(=O)CCNC(C)c1cccnc1. The molecule has 16 heavy (non-hydrogen) atoms. The molecule has 0 spiro atoms. The van der Waals surface area contributed by atoms with Crippen molar-refractivity contribution in [2.45, 2.75) is 19.9 Å². The molecule has 0 saturated heterocycles. The molecule has 0 aliphatic rings. The summed E-state index contributed by atoms with van der Waals surface area (Å²) in [4.78, 5) is 4.02. The van der Waals surface area contributed by atoms with Crippen LogP contribution in [0.4, 0.5) is 0 Å². The molecule has 0 aliphatic carbocycles. The molecule has 1 heterocycles. The van der Waals surface area contributed by atoms with Gasteiger partial charge in [-0.05, 0) is 18.6 Å². The van der Waals surface area contributed by atoms with E-state index in [9.17, 15) is 8.42 Å². The molecule has 0 aromatic carbocycles. The van der Waals surface area contributed by atoms with Gasteiger partial charge in [0.1, 0.15) is 0 Å². The number of rotatable bonds is 6. The van der Waals surface area contributed by atoms with E-state index in [4.69, 9.17) is 0 Å². The molecule has 0 amide bonds. The Labute approximate surface area is 97.0 Å². The van der Waals surface area contributed by atoms with Gasteiger partial charge in [-0.15, -0.1) is 0 Å². The predicted molar refractivity (Wildman–Crippen MR) is 65.0 cm³/mol. The molecule has 0 bridgehead atoms. The lowest BCUT2D eigenvalue weighted by Gasteiger charge is -2.13. The second-order valence-corrected chi connectivity index (χ2v) is 6.17. The Bertz CT molecular complexity index is 403. The van der Waals surface area contributed by atoms with Gasteiger partial charge < -0.3 is 5.32 Å². The number of nitrogens with one attached hydrogen (secondary N) is 1. The van der Waals surface area contributed by atoms with Crippen LogP contribution in [0.5, 0.6) is 0 Å². The van der Waals surface area contributed by atoms with Crippen LogP contribution in [0.3, 0.4) is 0 Å². The van der Waals surface area contributed by atoms with E-state index in [2.05, 4.69) is 10.3 Å². The predicted octanol–water partition coefficient (Wildman–Crippen LogP) is 1.17. The highest BCUT2D eigenvalue weighted by atomic mass is 32.2. The molecular formula is C11H18N2O2S. The summed E-state index contributed by atoms with van der Waals surface area (Å²) >= 11 is 0. The Morgan fingerprint density at radius 3 is 2.81 bits per heavy atom. The molecule has 4 nitrogen and oxygen atoms in total. The zero-order valence-electron chi connectivity index (χ0n) is 9.68. The van der Waals surface area contributed by atoms with Gasteiger partial charge in [0.05, 0.1) is 5.75 Å². The fourth-order valence-corrected chi connectivity index (χ4v) is 2.04. The Hall–Kier alpha value is -0.940. The Morgan fingerprint density at radius 2 is 2.25 bits per heavy atom. The molecule has 1 unspecified atom stereocenters. The summed E-state index contributed by atoms with van der Waals surface area (Å²) in [7, 11) is -2.88. The fraction of sp³-hybridized carbons (Fsp3) is 0.545. The monoisotopic (exact) mass is 242 g/mol. The third kappa shape index (κ3) is 4.28. The van der Waals surface area contributed by atoms with E-state index in [1.807, 2.05) is 19.1 Å². The highest BCUT2D eigenvalue weighted by molar-refractivity contribution is 7.91. The maximum absolute atomic E-state index is 11.3. The van der Waals surface area contributed by atoms with E-state index in [1.54, 1.807) is 19.3 Å². The zero-order chi connectivity index (χ0) is 12.0. The van der Waals surface area contributed by atoms with Crippen molar-refractivity contribution in [3.05, 3.63) is 30.1 Å². The van der Waals surface area contributed by atoms with Gasteiger partial charge in [0, 0.05) is 30.7 Å². The smallest absolute Gasteiger partial charge is 0.151 e. The first-order valence-electron chi connectivity index (χ1n) is 5.39. The molecule has 0 saturated carbocycles. The molecular weight excluding hydrogens is 224 g/mol. The molecule has 90 valence electrons. The van der Waals surface area contributed by atoms with Crippen LogP contribution in [0.1, 0.15) is 25.5 Å². The van der Waals surface area contributed by atoms with Crippen LogP contribution in [0.15, 0.2) is 24.5 Å². The highest BCUT2D eigenvalue weighted by Gasteiger charge is 2.09. The quantitative estimate of drug-likeness (QED) is 0.813. The first kappa shape index (κ1) is 13.1. The van der Waals surface area contributed by atoms with Crippen molar-refractivity contribution in [2.75, 3.05) is 18.1 Å². The lowest BCUT2D eigenvalue weighted by Crippen LogP contribution is -2.26. The fourth-order valence-electron chi connectivity index (χ4n) is 1.33. The van der Waals surface area contributed by atoms with E-state index in [0.717, 1.165) is 5.56 Å². The van der Waals surface area contributed by atoms with Crippen LogP contribution < -0.4 is 5.32 Å². The summed E-state index contributed by atoms with van der Waals surface area (Å²) < 4.78 is 22.5. The van der Waals surface area contributed by atoms with E-state index < -0.39 is 9.84 Å². The Balaban J connectivity index is 2.40. The second kappa shape index (κ2) is 5.96. The molecule has 1 rings (SSSR count). The summed E-state index contributed by atoms with van der Waals surface area (Å²) in [6.45, 7) is 4.14. The van der Waals surface area contributed by atoms with Gasteiger partial charge in [0.25, 0.3) is 0 Å². The largest absolute Gasteiger partial charge is 0.309 e. The summed E-state index contributed by atoms with van der Waals surface area (Å²) in [5.41, 5.74) is 1.07. The van der Waals surface area contributed by atoms with Crippen LogP contribution in [0, 0.1) is 0 Å². The first-order valence-corrected chi connectivity index (χ1v) is 7.21. The Kier molecular flexibility index (Phi) is 4.89. The minimum Gasteiger partial charge on any atom is -0.309 e. The van der Waals surface area contributed by atoms with Crippen LogP contribution in [0.2, 0.25) is 0 Å². The van der Waals surface area contributed by atoms with Gasteiger partial charge >= 0.3 is 0 Å². The van der Waals surface area contributed by atoms with Crippen molar-refractivity contribution in [1.29, 1.82) is 0 Å². The number of nitrogens with zero attached hydrogens (tertiary/aromatic N) is 1. The molecule has 5 heteroatoms. The topological polar surface area (TPSA) is 59.1 Å². The van der Waals surface area contributed by atoms with Crippen LogP contribution in [0.25, 0.3) is 0 Å². The van der Waals surface area contributed by atoms with Crippen molar-refractivity contribution in [1.82, 2.24) is 10.3 Å². The van der Waals surface area contributed by atoms with Crippen molar-refractivity contribution in [2.24, 2.45) is 0 Å². The average Bonchev–Trinajstić information content (AvgIpc) is 2.30. The van der Waals surface area contributed by atoms with Gasteiger partial charge in [-0.3, -0.25) is 4.98 Å². The first-order chi connectivity index (χ1) is 7.55. The standard InChI is InChI=1S/C11H18N2O2S/c1-3-16(14,15)8-7-13-10(2)11-5-4-6-12-9-11/h4-6,9-10,13H,3,7-8H2,1-2H3. The third-order valence-electron chi connectivity index (χ3n) is 2.49. The van der Waals surface area contributed by atoms with Crippen molar-refractivity contribution < 1.29 is 8.42 Å². The minimum atomic E-state index is -2.88. The maximum atomic E-state index is 11.3. The van der Waals surface area contributed by atoms with Gasteiger partial charge in [-0.1, -0.05) is 13.0 Å². The van der Waals surface area contributed by atoms with Crippen LogP contribution >= 0.6 is 0 Å². The van der Waals surface area contributed by atoms with Gasteiger partial charge in [-0.2, -0.15) is 0 Å². The van der Waals surface area contributed by atoms with Crippen molar-refractivity contribution in [3.8, 4) is 0 Å². The number of hydrogen-bond acceptors (Lipinski definition) is 4. The molecule has 0 fully saturated rings. The van der Waals surface area contributed by atoms with E-state index in [-0.39, 0.29) is 17.5 Å². The molecule has 1 N–H and O–H groups in total. The number of aromatic nitrogens is 1. The zero-order valence-corrected chi connectivity index (χ0v) is 10.5. The van der Waals surface area contributed by atoms with Crippen molar-refractivity contribution >= 4 is 9.84 Å². The van der Waals surface area contributed by atoms with E-state index in [0.29, 0.717) is 6.54 Å². The lowest BCUT2D eigenvalue weighted by molar-refractivity contribution is 0.572. The third-order valence-corrected chi connectivity index (χ3v) is 4.19. The highest BCUT2D eigenvalue weighted by Crippen LogP contribution is 2.09. The molecule has 0 aliphatic heterocycles. The number of sulfone groups is 1. The molecule has 1 atom stereocenters. The summed E-state index contributed by atoms with van der Waals surface area (Å²) in [6, 6.07) is 3.97. The summed E-state index contributed by atoms with van der Waals surface area (Å²) in [5, 5.41) is 3.17. The van der Waals surface area contributed by atoms with Crippen molar-refractivity contribution in [3.63, 3.8) is 0 Å². The van der Waals surface area contributed by atoms with Gasteiger partial charge in [-0.25, -0.2) is 8.42 Å². The minimum absolute atomic E-state index is 0.126. The Morgan fingerprint density at radius 1 is 1.50 bits per heavy atom. The molecule has 1 aromatic heterocycles. The van der Waals surface area contributed by atoms with Crippen LogP contribution in [-0.2, 0) is 9.84 Å². The number of pyridine rings is 1. The summed E-state index contributed by atoms with van der Waals surface area (Å²) in [6.07, 6.45) is 3.50. The summed E-state index contributed by atoms with van der Waals surface area (Å²) in [5.74, 6) is 0.393. The van der Waals surface area contributed by atoms with E-state index >= 15 is 0 Å². The maximum Gasteiger partial charge on any atom is 0.151 e. The molecule has 1 aromatic rings. The average molecular weight is 242 g/mol.